The van der Waals surface area contributed by atoms with E-state index in [9.17, 15) is 5.11 Å². The van der Waals surface area contributed by atoms with Crippen LogP contribution >= 0.6 is 0 Å². The molecule has 3 heteroatoms. The second kappa shape index (κ2) is 4.53. The van der Waals surface area contributed by atoms with Crippen molar-refractivity contribution in [3.8, 4) is 0 Å². The van der Waals surface area contributed by atoms with Gasteiger partial charge in [0.1, 0.15) is 6.10 Å². The molecule has 1 aromatic rings. The molecule has 0 bridgehead atoms. The topological polar surface area (TPSA) is 38.7 Å². The van der Waals surface area contributed by atoms with Crippen LogP contribution in [0.3, 0.4) is 0 Å². The van der Waals surface area contributed by atoms with Gasteiger partial charge in [-0.15, -0.1) is 0 Å². The van der Waals surface area contributed by atoms with E-state index in [0.29, 0.717) is 6.61 Å². The highest BCUT2D eigenvalue weighted by Gasteiger charge is 2.43. The Morgan fingerprint density at radius 1 is 1.38 bits per heavy atom. The second-order valence-electron chi connectivity index (χ2n) is 4.28. The fourth-order valence-electron chi connectivity index (χ4n) is 2.05. The zero-order valence-corrected chi connectivity index (χ0v) is 9.72. The zero-order chi connectivity index (χ0) is 11.6. The first-order valence-corrected chi connectivity index (χ1v) is 5.70. The van der Waals surface area contributed by atoms with Gasteiger partial charge in [-0.1, -0.05) is 30.3 Å². The zero-order valence-electron chi connectivity index (χ0n) is 9.72. The Kier molecular flexibility index (Phi) is 3.28. The third kappa shape index (κ3) is 1.98. The van der Waals surface area contributed by atoms with Crippen LogP contribution in [0, 0.1) is 0 Å². The van der Waals surface area contributed by atoms with Crippen molar-refractivity contribution in [3.63, 3.8) is 0 Å². The molecule has 1 saturated heterocycles. The van der Waals surface area contributed by atoms with Crippen molar-refractivity contribution >= 4 is 0 Å². The Morgan fingerprint density at radius 2 is 2.06 bits per heavy atom. The molecule has 0 amide bonds. The van der Waals surface area contributed by atoms with Gasteiger partial charge in [-0.2, -0.15) is 0 Å². The van der Waals surface area contributed by atoms with Crippen molar-refractivity contribution in [2.24, 2.45) is 0 Å². The van der Waals surface area contributed by atoms with E-state index in [1.54, 1.807) is 6.92 Å². The van der Waals surface area contributed by atoms with Gasteiger partial charge in [0.05, 0.1) is 12.7 Å². The van der Waals surface area contributed by atoms with Crippen LogP contribution in [0.1, 0.15) is 25.8 Å². The lowest BCUT2D eigenvalue weighted by Gasteiger charge is -2.42. The van der Waals surface area contributed by atoms with Crippen LogP contribution in [0.25, 0.3) is 0 Å². The van der Waals surface area contributed by atoms with Crippen molar-refractivity contribution in [2.45, 2.75) is 38.3 Å². The van der Waals surface area contributed by atoms with Gasteiger partial charge >= 0.3 is 0 Å². The molecular weight excluding hydrogens is 204 g/mol. The summed E-state index contributed by atoms with van der Waals surface area (Å²) < 4.78 is 11.6. The van der Waals surface area contributed by atoms with Crippen LogP contribution in [-0.2, 0) is 15.3 Å². The van der Waals surface area contributed by atoms with Crippen LogP contribution in [0.2, 0.25) is 0 Å². The number of hydrogen-bond acceptors (Lipinski definition) is 3. The van der Waals surface area contributed by atoms with E-state index in [0.717, 1.165) is 12.0 Å². The molecule has 1 N–H and O–H groups in total. The fraction of sp³-hybridized carbons (Fsp3) is 0.538. The number of benzene rings is 1. The highest BCUT2D eigenvalue weighted by Crippen LogP contribution is 2.36. The van der Waals surface area contributed by atoms with Gasteiger partial charge in [0.15, 0.2) is 0 Å². The van der Waals surface area contributed by atoms with E-state index >= 15 is 0 Å². The molecule has 3 nitrogen and oxygen atoms in total. The minimum absolute atomic E-state index is 0.101. The molecule has 0 aliphatic carbocycles. The summed E-state index contributed by atoms with van der Waals surface area (Å²) in [6.45, 7) is 4.31. The molecular formula is C13H18O3. The summed E-state index contributed by atoms with van der Waals surface area (Å²) in [4.78, 5) is 0. The Morgan fingerprint density at radius 3 is 2.62 bits per heavy atom. The minimum atomic E-state index is -1.00. The number of ether oxygens (including phenoxy) is 2. The summed E-state index contributed by atoms with van der Waals surface area (Å²) in [6, 6.07) is 9.62. The largest absolute Gasteiger partial charge is 0.387 e. The van der Waals surface area contributed by atoms with Gasteiger partial charge in [0.25, 0.3) is 0 Å². The van der Waals surface area contributed by atoms with Gasteiger partial charge in [0.2, 0.25) is 5.79 Å². The second-order valence-corrected chi connectivity index (χ2v) is 4.28. The van der Waals surface area contributed by atoms with Crippen molar-refractivity contribution in [1.82, 2.24) is 0 Å². The molecule has 0 radical (unpaired) electrons. The third-order valence-corrected chi connectivity index (χ3v) is 2.94. The summed E-state index contributed by atoms with van der Waals surface area (Å²) in [5.74, 6) is -1.00. The summed E-state index contributed by atoms with van der Waals surface area (Å²) in [7, 11) is 0. The van der Waals surface area contributed by atoms with Gasteiger partial charge in [-0.3, -0.25) is 0 Å². The molecule has 0 aromatic heterocycles. The predicted molar refractivity (Wildman–Crippen MR) is 60.9 cm³/mol. The van der Waals surface area contributed by atoms with Crippen LogP contribution in [0.4, 0.5) is 0 Å². The predicted octanol–water partition coefficient (Wildman–Crippen LogP) is 2.05. The van der Waals surface area contributed by atoms with Crippen LogP contribution in [-0.4, -0.2) is 23.9 Å². The molecule has 0 spiro atoms. The Hall–Kier alpha value is -0.900. The molecule has 88 valence electrons. The minimum Gasteiger partial charge on any atom is -0.387 e. The normalized spacial score (nSPS) is 32.3. The van der Waals surface area contributed by atoms with Gasteiger partial charge in [-0.25, -0.2) is 0 Å². The maximum atomic E-state index is 9.95. The van der Waals surface area contributed by atoms with E-state index in [-0.39, 0.29) is 6.10 Å². The van der Waals surface area contributed by atoms with E-state index in [1.165, 1.54) is 0 Å². The van der Waals surface area contributed by atoms with E-state index in [4.69, 9.17) is 9.47 Å². The SMILES string of the molecule is C[C@@H]1CCO[C@@](c2ccccc2)([C@@H](C)O)O1. The number of aliphatic hydroxyl groups excluding tert-OH is 1. The van der Waals surface area contributed by atoms with Gasteiger partial charge in [-0.05, 0) is 20.3 Å². The lowest BCUT2D eigenvalue weighted by molar-refractivity contribution is -0.333. The first-order valence-electron chi connectivity index (χ1n) is 5.70. The first-order chi connectivity index (χ1) is 7.65. The average Bonchev–Trinajstić information content (AvgIpc) is 2.30. The number of aliphatic hydroxyl groups is 1. The summed E-state index contributed by atoms with van der Waals surface area (Å²) in [5.41, 5.74) is 0.872. The molecule has 1 fully saturated rings. The molecule has 1 aliphatic heterocycles. The quantitative estimate of drug-likeness (QED) is 0.832. The van der Waals surface area contributed by atoms with Crippen LogP contribution in [0.15, 0.2) is 30.3 Å². The van der Waals surface area contributed by atoms with E-state index in [1.807, 2.05) is 37.3 Å². The molecule has 1 heterocycles. The van der Waals surface area contributed by atoms with Crippen molar-refractivity contribution in [2.75, 3.05) is 6.61 Å². The van der Waals surface area contributed by atoms with Crippen LogP contribution < -0.4 is 0 Å². The summed E-state index contributed by atoms with van der Waals surface area (Å²) in [6.07, 6.45) is 0.266. The third-order valence-electron chi connectivity index (χ3n) is 2.94. The van der Waals surface area contributed by atoms with Gasteiger partial charge in [0, 0.05) is 5.56 Å². The van der Waals surface area contributed by atoms with Crippen LogP contribution in [0.5, 0.6) is 0 Å². The molecule has 16 heavy (non-hydrogen) atoms. The standard InChI is InChI=1S/C13H18O3/c1-10-8-9-15-13(16-10,11(2)14)12-6-4-3-5-7-12/h3-7,10-11,14H,8-9H2,1-2H3/t10-,11-,13+/m1/s1. The van der Waals surface area contributed by atoms with E-state index < -0.39 is 11.9 Å². The van der Waals surface area contributed by atoms with Gasteiger partial charge < -0.3 is 14.6 Å². The Bertz CT molecular complexity index is 336. The fourth-order valence-corrected chi connectivity index (χ4v) is 2.05. The Labute approximate surface area is 96.0 Å². The maximum Gasteiger partial charge on any atom is 0.221 e. The number of rotatable bonds is 2. The highest BCUT2D eigenvalue weighted by molar-refractivity contribution is 5.22. The summed E-state index contributed by atoms with van der Waals surface area (Å²) in [5, 5.41) is 9.95. The van der Waals surface area contributed by atoms with Crippen molar-refractivity contribution < 1.29 is 14.6 Å². The highest BCUT2D eigenvalue weighted by atomic mass is 16.7. The monoisotopic (exact) mass is 222 g/mol. The molecule has 1 aromatic carbocycles. The molecule has 1 aliphatic rings. The average molecular weight is 222 g/mol. The molecule has 0 saturated carbocycles. The lowest BCUT2D eigenvalue weighted by Crippen LogP contribution is -2.48. The molecule has 0 unspecified atom stereocenters. The molecule has 2 rings (SSSR count). The molecule has 3 atom stereocenters. The lowest BCUT2D eigenvalue weighted by atomic mass is 9.99. The maximum absolute atomic E-state index is 9.95. The Balaban J connectivity index is 2.36. The van der Waals surface area contributed by atoms with E-state index in [2.05, 4.69) is 0 Å². The first kappa shape index (κ1) is 11.6. The van der Waals surface area contributed by atoms with Crippen molar-refractivity contribution in [3.05, 3.63) is 35.9 Å². The number of hydrogen-bond donors (Lipinski definition) is 1. The smallest absolute Gasteiger partial charge is 0.221 e. The van der Waals surface area contributed by atoms with Crippen molar-refractivity contribution in [1.29, 1.82) is 0 Å². The summed E-state index contributed by atoms with van der Waals surface area (Å²) >= 11 is 0.